The van der Waals surface area contributed by atoms with Crippen LogP contribution in [0.5, 0.6) is 0 Å². The molecular weight excluding hydrogens is 176 g/mol. The van der Waals surface area contributed by atoms with Crippen LogP contribution in [-0.4, -0.2) is 12.7 Å². The lowest BCUT2D eigenvalue weighted by Crippen LogP contribution is -2.08. The van der Waals surface area contributed by atoms with Gasteiger partial charge in [0.15, 0.2) is 7.00 Å². The van der Waals surface area contributed by atoms with Gasteiger partial charge in [-0.15, -0.1) is 0 Å². The van der Waals surface area contributed by atoms with Crippen LogP contribution in [0.3, 0.4) is 0 Å². The summed E-state index contributed by atoms with van der Waals surface area (Å²) in [6, 6.07) is 8.26. The summed E-state index contributed by atoms with van der Waals surface area (Å²) >= 11 is 0. The lowest BCUT2D eigenvalue weighted by atomic mass is 9.92. The van der Waals surface area contributed by atoms with Gasteiger partial charge in [0.25, 0.3) is 0 Å². The van der Waals surface area contributed by atoms with Gasteiger partial charge >= 0.3 is 0 Å². The molecular formula is C10H15BNP. The Bertz CT molecular complexity index is 281. The van der Waals surface area contributed by atoms with Gasteiger partial charge in [-0.2, -0.15) is 9.12 Å². The average Bonchev–Trinajstić information content (AvgIpc) is 2.18. The zero-order valence-electron chi connectivity index (χ0n) is 8.01. The van der Waals surface area contributed by atoms with Crippen LogP contribution in [0.15, 0.2) is 24.3 Å². The lowest BCUT2D eigenvalue weighted by molar-refractivity contribution is 0.986. The van der Waals surface area contributed by atoms with E-state index in [4.69, 9.17) is 5.41 Å². The highest BCUT2D eigenvalue weighted by molar-refractivity contribution is 7.58. The molecule has 1 aromatic rings. The van der Waals surface area contributed by atoms with Crippen molar-refractivity contribution in [2.24, 2.45) is 0 Å². The van der Waals surface area contributed by atoms with Crippen LogP contribution in [-0.2, 0) is 0 Å². The Hall–Kier alpha value is -0.615. The number of nitrogens with one attached hydrogen (secondary N) is 1. The van der Waals surface area contributed by atoms with E-state index in [9.17, 15) is 0 Å². The quantitative estimate of drug-likeness (QED) is 0.425. The molecule has 1 rings (SSSR count). The summed E-state index contributed by atoms with van der Waals surface area (Å²) in [6.45, 7) is 3.09. The van der Waals surface area contributed by atoms with Crippen molar-refractivity contribution < 1.29 is 0 Å². The SMILES string of the molecule is CCCC(=N)c1ccc(BP)cc1. The second-order valence-electron chi connectivity index (χ2n) is 3.13. The molecule has 0 radical (unpaired) electrons. The van der Waals surface area contributed by atoms with Crippen molar-refractivity contribution in [2.45, 2.75) is 19.8 Å². The van der Waals surface area contributed by atoms with E-state index in [-0.39, 0.29) is 0 Å². The van der Waals surface area contributed by atoms with Crippen LogP contribution < -0.4 is 5.46 Å². The van der Waals surface area contributed by atoms with Gasteiger partial charge in [-0.3, -0.25) is 0 Å². The number of benzene rings is 1. The van der Waals surface area contributed by atoms with E-state index in [0.29, 0.717) is 0 Å². The Morgan fingerprint density at radius 3 is 2.46 bits per heavy atom. The first-order valence-corrected chi connectivity index (χ1v) is 5.46. The van der Waals surface area contributed by atoms with Crippen LogP contribution in [0.4, 0.5) is 0 Å². The summed E-state index contributed by atoms with van der Waals surface area (Å²) in [5, 5.41) is 7.75. The molecule has 1 nitrogen and oxygen atoms in total. The van der Waals surface area contributed by atoms with Crippen molar-refractivity contribution in [2.75, 3.05) is 0 Å². The monoisotopic (exact) mass is 191 g/mol. The smallest absolute Gasteiger partial charge is 0.180 e. The Labute approximate surface area is 82.9 Å². The largest absolute Gasteiger partial charge is 0.305 e. The van der Waals surface area contributed by atoms with Gasteiger partial charge in [-0.05, 0) is 12.0 Å². The topological polar surface area (TPSA) is 23.9 Å². The van der Waals surface area contributed by atoms with Crippen molar-refractivity contribution in [1.29, 1.82) is 5.41 Å². The molecule has 13 heavy (non-hydrogen) atoms. The third kappa shape index (κ3) is 2.97. The van der Waals surface area contributed by atoms with E-state index in [1.54, 1.807) is 0 Å². The lowest BCUT2D eigenvalue weighted by Gasteiger charge is -2.02. The maximum absolute atomic E-state index is 7.75. The first kappa shape index (κ1) is 10.5. The average molecular weight is 191 g/mol. The molecule has 1 aromatic carbocycles. The number of hydrogen-bond donors (Lipinski definition) is 1. The summed E-state index contributed by atoms with van der Waals surface area (Å²) in [5.41, 5.74) is 3.11. The van der Waals surface area contributed by atoms with Crippen molar-refractivity contribution in [3.05, 3.63) is 29.8 Å². The van der Waals surface area contributed by atoms with E-state index in [0.717, 1.165) is 31.1 Å². The Morgan fingerprint density at radius 1 is 1.38 bits per heavy atom. The second-order valence-corrected chi connectivity index (χ2v) is 3.54. The van der Waals surface area contributed by atoms with Crippen LogP contribution in [0.2, 0.25) is 0 Å². The fourth-order valence-corrected chi connectivity index (χ4v) is 1.51. The minimum atomic E-state index is 0.748. The van der Waals surface area contributed by atoms with Crippen LogP contribution in [0.1, 0.15) is 25.3 Å². The molecule has 1 N–H and O–H groups in total. The van der Waals surface area contributed by atoms with Crippen LogP contribution in [0.25, 0.3) is 0 Å². The van der Waals surface area contributed by atoms with Gasteiger partial charge in [-0.1, -0.05) is 43.1 Å². The standard InChI is InChI=1S/C10H15BNP/c1-2-3-10(12)8-4-6-9(11-13)7-5-8/h4-7,11-12H,2-3,13H2,1H3. The predicted octanol–water partition coefficient (Wildman–Crippen LogP) is 1.71. The first-order valence-electron chi connectivity index (χ1n) is 4.64. The maximum Gasteiger partial charge on any atom is 0.180 e. The van der Waals surface area contributed by atoms with Gasteiger partial charge in [0, 0.05) is 5.71 Å². The molecule has 0 heterocycles. The predicted molar refractivity (Wildman–Crippen MR) is 64.7 cm³/mol. The number of hydrogen-bond acceptors (Lipinski definition) is 1. The highest BCUT2D eigenvalue weighted by Gasteiger charge is 1.99. The molecule has 1 atom stereocenters. The molecule has 0 aromatic heterocycles. The summed E-state index contributed by atoms with van der Waals surface area (Å²) in [6.07, 6.45) is 1.92. The molecule has 0 aliphatic heterocycles. The van der Waals surface area contributed by atoms with Crippen molar-refractivity contribution in [3.8, 4) is 0 Å². The molecule has 0 bridgehead atoms. The van der Waals surface area contributed by atoms with Gasteiger partial charge in [-0.25, -0.2) is 0 Å². The molecule has 1 unspecified atom stereocenters. The van der Waals surface area contributed by atoms with Gasteiger partial charge in [0.1, 0.15) is 0 Å². The maximum atomic E-state index is 7.75. The summed E-state index contributed by atoms with van der Waals surface area (Å²) < 4.78 is 0. The van der Waals surface area contributed by atoms with Crippen molar-refractivity contribution >= 4 is 27.3 Å². The summed E-state index contributed by atoms with van der Waals surface area (Å²) in [5.74, 6) is 0. The molecule has 0 saturated carbocycles. The van der Waals surface area contributed by atoms with Crippen LogP contribution in [0, 0.1) is 5.41 Å². The highest BCUT2D eigenvalue weighted by Crippen LogP contribution is 2.03. The summed E-state index contributed by atoms with van der Waals surface area (Å²) in [7, 11) is 2.70. The van der Waals surface area contributed by atoms with E-state index in [1.807, 2.05) is 12.1 Å². The van der Waals surface area contributed by atoms with Gasteiger partial charge in [0.05, 0.1) is 0 Å². The molecule has 0 aliphatic carbocycles. The fourth-order valence-electron chi connectivity index (χ4n) is 1.24. The zero-order chi connectivity index (χ0) is 9.68. The van der Waals surface area contributed by atoms with Crippen LogP contribution >= 0.6 is 9.12 Å². The van der Waals surface area contributed by atoms with Crippen molar-refractivity contribution in [3.63, 3.8) is 0 Å². The Balaban J connectivity index is 2.74. The molecule has 0 fully saturated rings. The molecule has 0 spiro atoms. The highest BCUT2D eigenvalue weighted by atomic mass is 31.0. The van der Waals surface area contributed by atoms with Gasteiger partial charge < -0.3 is 5.41 Å². The molecule has 0 saturated heterocycles. The van der Waals surface area contributed by atoms with E-state index in [2.05, 4.69) is 28.2 Å². The fraction of sp³-hybridized carbons (Fsp3) is 0.300. The van der Waals surface area contributed by atoms with E-state index >= 15 is 0 Å². The minimum Gasteiger partial charge on any atom is -0.305 e. The zero-order valence-corrected chi connectivity index (χ0v) is 9.16. The number of rotatable bonds is 4. The van der Waals surface area contributed by atoms with E-state index < -0.39 is 0 Å². The molecule has 0 aliphatic rings. The molecule has 0 amide bonds. The van der Waals surface area contributed by atoms with Gasteiger partial charge in [0.2, 0.25) is 0 Å². The Kier molecular flexibility index (Phi) is 4.18. The first-order chi connectivity index (χ1) is 6.27. The second kappa shape index (κ2) is 5.19. The van der Waals surface area contributed by atoms with E-state index in [1.165, 1.54) is 5.46 Å². The Morgan fingerprint density at radius 2 is 2.00 bits per heavy atom. The molecule has 3 heteroatoms. The van der Waals surface area contributed by atoms with Crippen molar-refractivity contribution in [1.82, 2.24) is 0 Å². The molecule has 68 valence electrons. The third-order valence-electron chi connectivity index (χ3n) is 2.04. The normalized spacial score (nSPS) is 9.69. The summed E-state index contributed by atoms with van der Waals surface area (Å²) in [4.78, 5) is 0. The minimum absolute atomic E-state index is 0.748. The third-order valence-corrected chi connectivity index (χ3v) is 2.51.